The van der Waals surface area contributed by atoms with E-state index in [-0.39, 0.29) is 5.78 Å². The van der Waals surface area contributed by atoms with E-state index in [1.54, 1.807) is 6.08 Å². The van der Waals surface area contributed by atoms with E-state index in [9.17, 15) is 18.0 Å². The molecule has 1 aliphatic rings. The minimum atomic E-state index is -2.60. The number of nitrogens with zero attached hydrogens (tertiary/aromatic N) is 1. The molecule has 14 heavy (non-hydrogen) atoms. The molecule has 0 aromatic heterocycles. The Balaban J connectivity index is 2.71. The Morgan fingerprint density at radius 1 is 1.43 bits per heavy atom. The first-order valence-corrected chi connectivity index (χ1v) is 4.83. The van der Waals surface area contributed by atoms with Crippen LogP contribution in [0, 0.1) is 5.92 Å². The molecule has 6 heteroatoms. The Morgan fingerprint density at radius 2 is 2.14 bits per heavy atom. The Kier molecular flexibility index (Phi) is 3.47. The van der Waals surface area contributed by atoms with Gasteiger partial charge in [-0.25, -0.2) is 0 Å². The molecule has 1 atom stereocenters. The summed E-state index contributed by atoms with van der Waals surface area (Å²) >= 11 is 0. The number of carbonyl (C=O) groups excluding carboxylic acids is 2. The van der Waals surface area contributed by atoms with Crippen LogP contribution >= 0.6 is 0 Å². The molecular weight excluding hydrogens is 206 g/mol. The summed E-state index contributed by atoms with van der Waals surface area (Å²) in [6, 6.07) is 0. The van der Waals surface area contributed by atoms with Crippen LogP contribution in [0.2, 0.25) is 0 Å². The van der Waals surface area contributed by atoms with Crippen molar-refractivity contribution in [3.8, 4) is 0 Å². The molecule has 0 saturated heterocycles. The molecule has 0 aromatic rings. The predicted molar refractivity (Wildman–Crippen MR) is 48.0 cm³/mol. The second kappa shape index (κ2) is 4.61. The van der Waals surface area contributed by atoms with Crippen LogP contribution in [0.4, 0.5) is 0 Å². The molecule has 0 spiro atoms. The van der Waals surface area contributed by atoms with Gasteiger partial charge < -0.3 is 0 Å². The molecule has 0 aliphatic heterocycles. The van der Waals surface area contributed by atoms with Gasteiger partial charge in [0.1, 0.15) is 12.5 Å². The van der Waals surface area contributed by atoms with Gasteiger partial charge in [-0.3, -0.25) is 9.59 Å². The second-order valence-electron chi connectivity index (χ2n) is 2.59. The van der Waals surface area contributed by atoms with Crippen LogP contribution in [0.1, 0.15) is 0 Å². The van der Waals surface area contributed by atoms with E-state index in [1.807, 2.05) is 0 Å². The zero-order valence-corrected chi connectivity index (χ0v) is 7.90. The second-order valence-corrected chi connectivity index (χ2v) is 3.29. The van der Waals surface area contributed by atoms with Crippen molar-refractivity contribution in [2.24, 2.45) is 10.3 Å². The first-order chi connectivity index (χ1) is 6.61. The van der Waals surface area contributed by atoms with Crippen LogP contribution in [-0.2, 0) is 20.1 Å². The summed E-state index contributed by atoms with van der Waals surface area (Å²) in [6.07, 6.45) is 5.79. The van der Waals surface area contributed by atoms with E-state index in [4.69, 9.17) is 0 Å². The highest BCUT2D eigenvalue weighted by Gasteiger charge is 2.22. The molecule has 1 aliphatic carbocycles. The van der Waals surface area contributed by atoms with Crippen molar-refractivity contribution in [3.05, 3.63) is 24.3 Å². The predicted octanol–water partition coefficient (Wildman–Crippen LogP) is -0.0705. The van der Waals surface area contributed by atoms with Crippen molar-refractivity contribution in [1.82, 2.24) is 0 Å². The first kappa shape index (κ1) is 10.5. The van der Waals surface area contributed by atoms with Crippen LogP contribution in [0.25, 0.3) is 0 Å². The summed E-state index contributed by atoms with van der Waals surface area (Å²) < 4.78 is 23.1. The van der Waals surface area contributed by atoms with Crippen molar-refractivity contribution in [2.75, 3.05) is 6.54 Å². The number of rotatable bonds is 3. The summed E-state index contributed by atoms with van der Waals surface area (Å²) in [7, 11) is -2.60. The number of hydrogen-bond donors (Lipinski definition) is 0. The molecule has 0 radical (unpaired) electrons. The maximum absolute atomic E-state index is 11.2. The molecule has 1 unspecified atom stereocenters. The Morgan fingerprint density at radius 3 is 2.71 bits per heavy atom. The van der Waals surface area contributed by atoms with Gasteiger partial charge in [-0.2, -0.15) is 12.8 Å². The summed E-state index contributed by atoms with van der Waals surface area (Å²) in [5.74, 6) is -1.74. The lowest BCUT2D eigenvalue weighted by Gasteiger charge is -2.07. The van der Waals surface area contributed by atoms with Gasteiger partial charge in [0, 0.05) is 0 Å². The SMILES string of the molecule is O=C1C=CC=CC1C(=O)CN=S(=O)=O. The smallest absolute Gasteiger partial charge is 0.296 e. The molecule has 1 rings (SSSR count). The highest BCUT2D eigenvalue weighted by molar-refractivity contribution is 7.61. The van der Waals surface area contributed by atoms with Gasteiger partial charge in [-0.15, -0.1) is 0 Å². The fourth-order valence-corrected chi connectivity index (χ4v) is 1.24. The summed E-state index contributed by atoms with van der Waals surface area (Å²) in [5, 5.41) is 0. The number of Topliss-reactive ketones (excluding diaryl/α,β-unsaturated/α-hetero) is 1. The number of carbonyl (C=O) groups is 2. The Labute approximate surface area is 81.8 Å². The quantitative estimate of drug-likeness (QED) is 0.614. The number of hydrogen-bond acceptors (Lipinski definition) is 5. The zero-order chi connectivity index (χ0) is 10.6. The van der Waals surface area contributed by atoms with E-state index in [1.165, 1.54) is 18.2 Å². The first-order valence-electron chi connectivity index (χ1n) is 3.79. The summed E-state index contributed by atoms with van der Waals surface area (Å²) in [5.41, 5.74) is 0. The molecule has 0 heterocycles. The van der Waals surface area contributed by atoms with E-state index in [0.717, 1.165) is 0 Å². The molecule has 5 nitrogen and oxygen atoms in total. The van der Waals surface area contributed by atoms with Crippen LogP contribution in [0.15, 0.2) is 28.7 Å². The average Bonchev–Trinajstić information content (AvgIpc) is 2.15. The fourth-order valence-electron chi connectivity index (χ4n) is 1.00. The average molecular weight is 213 g/mol. The van der Waals surface area contributed by atoms with Crippen LogP contribution in [-0.4, -0.2) is 26.5 Å². The van der Waals surface area contributed by atoms with Crippen molar-refractivity contribution < 1.29 is 18.0 Å². The minimum absolute atomic E-state index is 0.343. The van der Waals surface area contributed by atoms with Gasteiger partial charge in [0.25, 0.3) is 0 Å². The topological polar surface area (TPSA) is 80.6 Å². The van der Waals surface area contributed by atoms with E-state index in [2.05, 4.69) is 4.36 Å². The summed E-state index contributed by atoms with van der Waals surface area (Å²) in [4.78, 5) is 22.4. The Bertz CT molecular complexity index is 436. The molecule has 0 bridgehead atoms. The highest BCUT2D eigenvalue weighted by Crippen LogP contribution is 2.09. The van der Waals surface area contributed by atoms with Crippen molar-refractivity contribution >= 4 is 22.1 Å². The summed E-state index contributed by atoms with van der Waals surface area (Å²) in [6.45, 7) is -0.481. The third-order valence-electron chi connectivity index (χ3n) is 1.65. The van der Waals surface area contributed by atoms with Gasteiger partial charge in [0.2, 0.25) is 0 Å². The van der Waals surface area contributed by atoms with E-state index < -0.39 is 28.7 Å². The molecule has 0 saturated carbocycles. The maximum Gasteiger partial charge on any atom is 0.311 e. The van der Waals surface area contributed by atoms with Crippen molar-refractivity contribution in [2.45, 2.75) is 0 Å². The highest BCUT2D eigenvalue weighted by atomic mass is 32.2. The van der Waals surface area contributed by atoms with Crippen LogP contribution in [0.5, 0.6) is 0 Å². The third kappa shape index (κ3) is 2.74. The number of allylic oxidation sites excluding steroid dienone is 4. The normalized spacial score (nSPS) is 19.4. The number of ketones is 2. The molecule has 74 valence electrons. The minimum Gasteiger partial charge on any atom is -0.296 e. The molecular formula is C8H7NO4S. The van der Waals surface area contributed by atoms with Gasteiger partial charge in [0.15, 0.2) is 11.6 Å². The van der Waals surface area contributed by atoms with Gasteiger partial charge >= 0.3 is 10.5 Å². The standard InChI is InChI=1S/C8H7NO4S/c10-7-4-2-1-3-6(7)8(11)5-9-14(12)13/h1-4,6H,5H2. The lowest BCUT2D eigenvalue weighted by molar-refractivity contribution is -0.127. The Hall–Kier alpha value is -1.56. The van der Waals surface area contributed by atoms with Crippen LogP contribution < -0.4 is 0 Å². The lowest BCUT2D eigenvalue weighted by Crippen LogP contribution is -2.23. The lowest BCUT2D eigenvalue weighted by atomic mass is 9.95. The third-order valence-corrected chi connectivity index (χ3v) is 1.99. The maximum atomic E-state index is 11.2. The van der Waals surface area contributed by atoms with Gasteiger partial charge in [0.05, 0.1) is 0 Å². The van der Waals surface area contributed by atoms with Crippen molar-refractivity contribution in [3.63, 3.8) is 0 Å². The fraction of sp³-hybridized carbons (Fsp3) is 0.250. The van der Waals surface area contributed by atoms with E-state index in [0.29, 0.717) is 0 Å². The molecule has 0 N–H and O–H groups in total. The molecule has 0 aromatic carbocycles. The van der Waals surface area contributed by atoms with Gasteiger partial charge in [-0.1, -0.05) is 18.2 Å². The molecule has 0 fully saturated rings. The van der Waals surface area contributed by atoms with E-state index >= 15 is 0 Å². The largest absolute Gasteiger partial charge is 0.311 e. The van der Waals surface area contributed by atoms with Crippen molar-refractivity contribution in [1.29, 1.82) is 0 Å². The van der Waals surface area contributed by atoms with Crippen LogP contribution in [0.3, 0.4) is 0 Å². The molecule has 0 amide bonds. The monoisotopic (exact) mass is 213 g/mol. The van der Waals surface area contributed by atoms with Gasteiger partial charge in [-0.05, 0) is 6.08 Å². The zero-order valence-electron chi connectivity index (χ0n) is 7.08.